The van der Waals surface area contributed by atoms with Crippen molar-refractivity contribution in [3.8, 4) is 5.75 Å². The molecule has 1 aliphatic heterocycles. The highest BCUT2D eigenvalue weighted by Crippen LogP contribution is 2.31. The standard InChI is InChI=1S/C12H14O3/c1-7-4-5-10(14-3)11-9(7)6-8(2)15-12(11)13/h4-5,8H,6H2,1-3H3/t8-/m1/s1. The summed E-state index contributed by atoms with van der Waals surface area (Å²) in [6.07, 6.45) is 0.722. The molecule has 1 aromatic carbocycles. The second-order valence-corrected chi connectivity index (χ2v) is 3.86. The molecule has 0 bridgehead atoms. The lowest BCUT2D eigenvalue weighted by Crippen LogP contribution is -2.26. The Morgan fingerprint density at radius 2 is 2.20 bits per heavy atom. The first-order chi connectivity index (χ1) is 7.13. The normalized spacial score (nSPS) is 19.4. The summed E-state index contributed by atoms with van der Waals surface area (Å²) in [5.74, 6) is 0.330. The highest BCUT2D eigenvalue weighted by molar-refractivity contribution is 5.95. The van der Waals surface area contributed by atoms with E-state index in [4.69, 9.17) is 9.47 Å². The fourth-order valence-electron chi connectivity index (χ4n) is 1.96. The maximum atomic E-state index is 11.7. The van der Waals surface area contributed by atoms with Gasteiger partial charge >= 0.3 is 5.97 Å². The minimum absolute atomic E-state index is 0.0455. The molecule has 1 atom stereocenters. The molecule has 1 aromatic rings. The summed E-state index contributed by atoms with van der Waals surface area (Å²) in [6.45, 7) is 3.91. The van der Waals surface area contributed by atoms with Gasteiger partial charge < -0.3 is 9.47 Å². The first-order valence-electron chi connectivity index (χ1n) is 5.01. The molecule has 80 valence electrons. The minimum atomic E-state index is -0.274. The third-order valence-electron chi connectivity index (χ3n) is 2.73. The van der Waals surface area contributed by atoms with Gasteiger partial charge in [0.2, 0.25) is 0 Å². The SMILES string of the molecule is COc1ccc(C)c2c1C(=O)O[C@H](C)C2. The molecule has 3 nitrogen and oxygen atoms in total. The predicted molar refractivity (Wildman–Crippen MR) is 56.3 cm³/mol. The Morgan fingerprint density at radius 1 is 1.47 bits per heavy atom. The summed E-state index contributed by atoms with van der Waals surface area (Å²) in [4.78, 5) is 11.7. The van der Waals surface area contributed by atoms with Crippen LogP contribution in [-0.2, 0) is 11.2 Å². The lowest BCUT2D eigenvalue weighted by Gasteiger charge is -2.24. The van der Waals surface area contributed by atoms with Crippen LogP contribution in [0.1, 0.15) is 28.4 Å². The van der Waals surface area contributed by atoms with Crippen LogP contribution in [0, 0.1) is 6.92 Å². The molecular weight excluding hydrogens is 192 g/mol. The van der Waals surface area contributed by atoms with Crippen molar-refractivity contribution in [3.63, 3.8) is 0 Å². The molecule has 3 heteroatoms. The third kappa shape index (κ3) is 1.58. The van der Waals surface area contributed by atoms with Crippen LogP contribution in [0.2, 0.25) is 0 Å². The molecule has 15 heavy (non-hydrogen) atoms. The highest BCUT2D eigenvalue weighted by atomic mass is 16.5. The summed E-state index contributed by atoms with van der Waals surface area (Å²) in [6, 6.07) is 3.79. The smallest absolute Gasteiger partial charge is 0.342 e. The fourth-order valence-corrected chi connectivity index (χ4v) is 1.96. The van der Waals surface area contributed by atoms with E-state index in [2.05, 4.69) is 0 Å². The fraction of sp³-hybridized carbons (Fsp3) is 0.417. The van der Waals surface area contributed by atoms with Crippen molar-refractivity contribution in [3.05, 3.63) is 28.8 Å². The lowest BCUT2D eigenvalue weighted by molar-refractivity contribution is 0.0296. The molecule has 0 fully saturated rings. The van der Waals surface area contributed by atoms with Crippen LogP contribution in [0.5, 0.6) is 5.75 Å². The Kier molecular flexibility index (Phi) is 2.39. The van der Waals surface area contributed by atoms with Gasteiger partial charge in [0, 0.05) is 6.42 Å². The number of aryl methyl sites for hydroxylation is 1. The number of methoxy groups -OCH3 is 1. The second kappa shape index (κ2) is 3.57. The maximum absolute atomic E-state index is 11.7. The Morgan fingerprint density at radius 3 is 2.87 bits per heavy atom. The molecule has 0 aliphatic carbocycles. The quantitative estimate of drug-likeness (QED) is 0.660. The Balaban J connectivity index is 2.61. The van der Waals surface area contributed by atoms with Gasteiger partial charge in [-0.05, 0) is 31.0 Å². The zero-order valence-corrected chi connectivity index (χ0v) is 9.16. The van der Waals surface area contributed by atoms with Crippen LogP contribution in [0.15, 0.2) is 12.1 Å². The van der Waals surface area contributed by atoms with E-state index in [9.17, 15) is 4.79 Å². The molecule has 0 spiro atoms. The molecule has 0 amide bonds. The minimum Gasteiger partial charge on any atom is -0.496 e. The molecule has 0 saturated heterocycles. The Bertz CT molecular complexity index is 410. The second-order valence-electron chi connectivity index (χ2n) is 3.86. The number of carbonyl (C=O) groups excluding carboxylic acids is 1. The molecular formula is C12H14O3. The first kappa shape index (κ1) is 10.0. The van der Waals surface area contributed by atoms with Gasteiger partial charge in [-0.1, -0.05) is 6.07 Å². The summed E-state index contributed by atoms with van der Waals surface area (Å²) >= 11 is 0. The average Bonchev–Trinajstić information content (AvgIpc) is 2.19. The van der Waals surface area contributed by atoms with Gasteiger partial charge in [-0.3, -0.25) is 0 Å². The van der Waals surface area contributed by atoms with E-state index in [-0.39, 0.29) is 12.1 Å². The lowest BCUT2D eigenvalue weighted by atomic mass is 9.94. The van der Waals surface area contributed by atoms with Crippen molar-refractivity contribution in [2.24, 2.45) is 0 Å². The largest absolute Gasteiger partial charge is 0.496 e. The molecule has 0 saturated carbocycles. The van der Waals surface area contributed by atoms with Crippen LogP contribution < -0.4 is 4.74 Å². The third-order valence-corrected chi connectivity index (χ3v) is 2.73. The van der Waals surface area contributed by atoms with Crippen molar-refractivity contribution >= 4 is 5.97 Å². The topological polar surface area (TPSA) is 35.5 Å². The van der Waals surface area contributed by atoms with Crippen LogP contribution in [-0.4, -0.2) is 19.2 Å². The summed E-state index contributed by atoms with van der Waals surface area (Å²) < 4.78 is 10.4. The zero-order valence-electron chi connectivity index (χ0n) is 9.16. The van der Waals surface area contributed by atoms with Crippen molar-refractivity contribution < 1.29 is 14.3 Å². The van der Waals surface area contributed by atoms with Crippen molar-refractivity contribution in [1.29, 1.82) is 0 Å². The zero-order chi connectivity index (χ0) is 11.0. The van der Waals surface area contributed by atoms with Gasteiger partial charge in [0.25, 0.3) is 0 Å². The van der Waals surface area contributed by atoms with Gasteiger partial charge in [-0.15, -0.1) is 0 Å². The van der Waals surface area contributed by atoms with Gasteiger partial charge in [-0.25, -0.2) is 4.79 Å². The van der Waals surface area contributed by atoms with E-state index in [1.54, 1.807) is 7.11 Å². The van der Waals surface area contributed by atoms with E-state index < -0.39 is 0 Å². The molecule has 0 N–H and O–H groups in total. The summed E-state index contributed by atoms with van der Waals surface area (Å²) in [5.41, 5.74) is 2.77. The Labute approximate surface area is 89.0 Å². The van der Waals surface area contributed by atoms with E-state index in [0.717, 1.165) is 17.5 Å². The number of esters is 1. The molecule has 0 unspecified atom stereocenters. The van der Waals surface area contributed by atoms with Crippen molar-refractivity contribution in [1.82, 2.24) is 0 Å². The van der Waals surface area contributed by atoms with E-state index in [0.29, 0.717) is 11.3 Å². The van der Waals surface area contributed by atoms with Crippen molar-refractivity contribution in [2.75, 3.05) is 7.11 Å². The Hall–Kier alpha value is -1.51. The number of carbonyl (C=O) groups is 1. The van der Waals surface area contributed by atoms with Crippen LogP contribution in [0.25, 0.3) is 0 Å². The molecule has 1 heterocycles. The van der Waals surface area contributed by atoms with E-state index in [1.165, 1.54) is 0 Å². The number of benzene rings is 1. The number of fused-ring (bicyclic) bond motifs is 1. The van der Waals surface area contributed by atoms with Gasteiger partial charge in [0.15, 0.2) is 0 Å². The monoisotopic (exact) mass is 206 g/mol. The maximum Gasteiger partial charge on any atom is 0.342 e. The van der Waals surface area contributed by atoms with Gasteiger partial charge in [-0.2, -0.15) is 0 Å². The molecule has 0 radical (unpaired) electrons. The van der Waals surface area contributed by atoms with Gasteiger partial charge in [0.05, 0.1) is 7.11 Å². The van der Waals surface area contributed by atoms with Crippen LogP contribution >= 0.6 is 0 Å². The number of ether oxygens (including phenoxy) is 2. The van der Waals surface area contributed by atoms with Crippen LogP contribution in [0.3, 0.4) is 0 Å². The molecule has 0 aromatic heterocycles. The molecule has 1 aliphatic rings. The van der Waals surface area contributed by atoms with Gasteiger partial charge in [0.1, 0.15) is 17.4 Å². The summed E-state index contributed by atoms with van der Waals surface area (Å²) in [5, 5.41) is 0. The number of hydrogen-bond donors (Lipinski definition) is 0. The van der Waals surface area contributed by atoms with E-state index in [1.807, 2.05) is 26.0 Å². The number of hydrogen-bond acceptors (Lipinski definition) is 3. The molecule has 2 rings (SSSR count). The number of rotatable bonds is 1. The first-order valence-corrected chi connectivity index (χ1v) is 5.01. The summed E-state index contributed by atoms with van der Waals surface area (Å²) in [7, 11) is 1.57. The number of cyclic esters (lactones) is 1. The predicted octanol–water partition coefficient (Wildman–Crippen LogP) is 2.11. The van der Waals surface area contributed by atoms with E-state index >= 15 is 0 Å². The van der Waals surface area contributed by atoms with Crippen molar-refractivity contribution in [2.45, 2.75) is 26.4 Å². The van der Waals surface area contributed by atoms with Crippen LogP contribution in [0.4, 0.5) is 0 Å². The highest BCUT2D eigenvalue weighted by Gasteiger charge is 2.28. The average molecular weight is 206 g/mol.